The molecule has 6 rings (SSSR count). The molecule has 2 amide bonds. The lowest BCUT2D eigenvalue weighted by Crippen LogP contribution is -2.24. The molecule has 9 nitrogen and oxygen atoms in total. The SMILES string of the molecule is O=C(Nc1ccc(F)nc1)Nc1cc(-c2ccccc2-c2nnn[nH]2)ccc1N1CCC(c2ccccc2)C1. The molecule has 3 heterocycles. The number of anilines is 3. The Balaban J connectivity index is 1.33. The smallest absolute Gasteiger partial charge is 0.323 e. The van der Waals surface area contributed by atoms with Gasteiger partial charge in [0.2, 0.25) is 5.95 Å². The van der Waals surface area contributed by atoms with Crippen molar-refractivity contribution in [1.29, 1.82) is 0 Å². The molecule has 1 atom stereocenters. The molecular formula is C29H25FN8O. The van der Waals surface area contributed by atoms with E-state index in [1.54, 1.807) is 0 Å². The molecule has 39 heavy (non-hydrogen) atoms. The maximum absolute atomic E-state index is 13.2. The highest BCUT2D eigenvalue weighted by Gasteiger charge is 2.26. The molecule has 0 aliphatic carbocycles. The monoisotopic (exact) mass is 520 g/mol. The third-order valence-electron chi connectivity index (χ3n) is 6.87. The molecule has 2 aromatic heterocycles. The number of nitrogens with zero attached hydrogens (tertiary/aromatic N) is 5. The van der Waals surface area contributed by atoms with Gasteiger partial charge in [-0.2, -0.15) is 4.39 Å². The zero-order valence-electron chi connectivity index (χ0n) is 20.9. The largest absolute Gasteiger partial charge is 0.369 e. The Morgan fingerprint density at radius 1 is 0.949 bits per heavy atom. The Morgan fingerprint density at radius 3 is 2.54 bits per heavy atom. The maximum Gasteiger partial charge on any atom is 0.323 e. The molecule has 1 aliphatic heterocycles. The highest BCUT2D eigenvalue weighted by Crippen LogP contribution is 2.39. The molecule has 3 aromatic carbocycles. The number of aromatic amines is 1. The van der Waals surface area contributed by atoms with Crippen LogP contribution in [0.2, 0.25) is 0 Å². The molecule has 10 heteroatoms. The van der Waals surface area contributed by atoms with Gasteiger partial charge in [-0.3, -0.25) is 0 Å². The highest BCUT2D eigenvalue weighted by atomic mass is 19.1. The van der Waals surface area contributed by atoms with Crippen LogP contribution in [0.25, 0.3) is 22.5 Å². The third-order valence-corrected chi connectivity index (χ3v) is 6.87. The van der Waals surface area contributed by atoms with Crippen LogP contribution < -0.4 is 15.5 Å². The molecule has 1 saturated heterocycles. The fourth-order valence-corrected chi connectivity index (χ4v) is 5.00. The molecule has 3 N–H and O–H groups in total. The summed E-state index contributed by atoms with van der Waals surface area (Å²) < 4.78 is 13.2. The summed E-state index contributed by atoms with van der Waals surface area (Å²) >= 11 is 0. The lowest BCUT2D eigenvalue weighted by molar-refractivity contribution is 0.262. The Hall–Kier alpha value is -5.12. The summed E-state index contributed by atoms with van der Waals surface area (Å²) in [5.74, 6) is 0.340. The number of rotatable bonds is 6. The standard InChI is InChI=1S/C29H25FN8O/c30-27-13-11-22(17-31-27)32-29(39)33-25-16-20(23-8-4-5-9-24(23)28-34-36-37-35-28)10-12-26(25)38-15-14-21(18-38)19-6-2-1-3-7-19/h1-13,16-17,21H,14-15,18H2,(H2,32,33,39)(H,34,35,36,37). The van der Waals surface area contributed by atoms with Crippen LogP contribution in [-0.4, -0.2) is 44.7 Å². The number of aromatic nitrogens is 5. The van der Waals surface area contributed by atoms with Crippen molar-refractivity contribution in [3.05, 3.63) is 103 Å². The predicted octanol–water partition coefficient (Wildman–Crippen LogP) is 5.71. The molecule has 0 radical (unpaired) electrons. The molecule has 0 spiro atoms. The molecule has 0 saturated carbocycles. The highest BCUT2D eigenvalue weighted by molar-refractivity contribution is 6.02. The van der Waals surface area contributed by atoms with Crippen molar-refractivity contribution in [3.63, 3.8) is 0 Å². The van der Waals surface area contributed by atoms with Gasteiger partial charge in [0.1, 0.15) is 0 Å². The summed E-state index contributed by atoms with van der Waals surface area (Å²) in [4.78, 5) is 18.9. The van der Waals surface area contributed by atoms with E-state index < -0.39 is 12.0 Å². The predicted molar refractivity (Wildman–Crippen MR) is 148 cm³/mol. The van der Waals surface area contributed by atoms with Crippen LogP contribution in [0.4, 0.5) is 26.2 Å². The molecule has 1 aliphatic rings. The van der Waals surface area contributed by atoms with Crippen LogP contribution in [0.5, 0.6) is 0 Å². The van der Waals surface area contributed by atoms with Gasteiger partial charge in [0, 0.05) is 24.6 Å². The van der Waals surface area contributed by atoms with Crippen LogP contribution in [0, 0.1) is 5.95 Å². The van der Waals surface area contributed by atoms with Crippen LogP contribution in [0.15, 0.2) is 91.1 Å². The van der Waals surface area contributed by atoms with Crippen molar-refractivity contribution in [2.45, 2.75) is 12.3 Å². The van der Waals surface area contributed by atoms with Crippen LogP contribution in [0.3, 0.4) is 0 Å². The van der Waals surface area contributed by atoms with E-state index >= 15 is 0 Å². The van der Waals surface area contributed by atoms with E-state index in [9.17, 15) is 9.18 Å². The van der Waals surface area contributed by atoms with Crippen molar-refractivity contribution in [1.82, 2.24) is 25.6 Å². The summed E-state index contributed by atoms with van der Waals surface area (Å²) in [6.45, 7) is 1.69. The first-order valence-corrected chi connectivity index (χ1v) is 12.6. The lowest BCUT2D eigenvalue weighted by Gasteiger charge is -2.24. The first-order valence-electron chi connectivity index (χ1n) is 12.6. The number of nitrogens with one attached hydrogen (secondary N) is 3. The van der Waals surface area contributed by atoms with E-state index in [1.165, 1.54) is 23.9 Å². The Bertz CT molecular complexity index is 1580. The van der Waals surface area contributed by atoms with Crippen molar-refractivity contribution in [3.8, 4) is 22.5 Å². The number of tetrazole rings is 1. The van der Waals surface area contributed by atoms with E-state index in [0.717, 1.165) is 41.9 Å². The minimum atomic E-state index is -0.612. The second kappa shape index (κ2) is 10.7. The number of carbonyl (C=O) groups excluding carboxylic acids is 1. The number of hydrogen-bond donors (Lipinski definition) is 3. The van der Waals surface area contributed by atoms with E-state index in [2.05, 4.69) is 65.4 Å². The quantitative estimate of drug-likeness (QED) is 0.248. The van der Waals surface area contributed by atoms with Crippen molar-refractivity contribution in [2.75, 3.05) is 28.6 Å². The van der Waals surface area contributed by atoms with Crippen LogP contribution >= 0.6 is 0 Å². The van der Waals surface area contributed by atoms with Gasteiger partial charge in [-0.1, -0.05) is 60.7 Å². The molecule has 1 fully saturated rings. The summed E-state index contributed by atoms with van der Waals surface area (Å²) in [6, 6.07) is 26.5. The first kappa shape index (κ1) is 24.2. The van der Waals surface area contributed by atoms with Crippen LogP contribution in [0.1, 0.15) is 17.9 Å². The van der Waals surface area contributed by atoms with Gasteiger partial charge in [0.05, 0.1) is 23.3 Å². The minimum Gasteiger partial charge on any atom is -0.369 e. The minimum absolute atomic E-state index is 0.389. The first-order chi connectivity index (χ1) is 19.1. The summed E-state index contributed by atoms with van der Waals surface area (Å²) in [5, 5.41) is 20.1. The topological polar surface area (TPSA) is 112 Å². The maximum atomic E-state index is 13.2. The van der Waals surface area contributed by atoms with Gasteiger partial charge in [0.15, 0.2) is 5.82 Å². The van der Waals surface area contributed by atoms with Gasteiger partial charge in [0.25, 0.3) is 0 Å². The zero-order chi connectivity index (χ0) is 26.6. The number of amides is 2. The van der Waals surface area contributed by atoms with Crippen molar-refractivity contribution >= 4 is 23.1 Å². The van der Waals surface area contributed by atoms with Gasteiger partial charge in [-0.15, -0.1) is 5.10 Å². The lowest BCUT2D eigenvalue weighted by atomic mass is 9.98. The number of urea groups is 1. The van der Waals surface area contributed by atoms with E-state index in [-0.39, 0.29) is 0 Å². The van der Waals surface area contributed by atoms with Gasteiger partial charge >= 0.3 is 6.03 Å². The van der Waals surface area contributed by atoms with Gasteiger partial charge < -0.3 is 15.5 Å². The number of carbonyl (C=O) groups is 1. The zero-order valence-corrected chi connectivity index (χ0v) is 20.9. The number of pyridine rings is 1. The third kappa shape index (κ3) is 5.30. The average Bonchev–Trinajstić information content (AvgIpc) is 3.68. The molecule has 5 aromatic rings. The summed E-state index contributed by atoms with van der Waals surface area (Å²) in [7, 11) is 0. The summed E-state index contributed by atoms with van der Waals surface area (Å²) in [5.41, 5.74) is 5.92. The Labute approximate surface area is 224 Å². The Kier molecular flexibility index (Phi) is 6.65. The van der Waals surface area contributed by atoms with Crippen molar-refractivity contribution < 1.29 is 9.18 Å². The molecule has 0 bridgehead atoms. The number of benzene rings is 3. The molecule has 194 valence electrons. The van der Waals surface area contributed by atoms with E-state index in [4.69, 9.17) is 0 Å². The number of hydrogen-bond acceptors (Lipinski definition) is 6. The Morgan fingerprint density at radius 2 is 1.77 bits per heavy atom. The molecular weight excluding hydrogens is 495 g/mol. The molecule has 1 unspecified atom stereocenters. The average molecular weight is 521 g/mol. The fraction of sp³-hybridized carbons (Fsp3) is 0.138. The normalized spacial score (nSPS) is 14.8. The van der Waals surface area contributed by atoms with E-state index in [1.807, 2.05) is 48.5 Å². The second-order valence-corrected chi connectivity index (χ2v) is 9.32. The van der Waals surface area contributed by atoms with Crippen LogP contribution in [-0.2, 0) is 0 Å². The number of H-pyrrole nitrogens is 1. The number of halogens is 1. The second-order valence-electron chi connectivity index (χ2n) is 9.32. The van der Waals surface area contributed by atoms with E-state index in [0.29, 0.717) is 23.1 Å². The summed E-state index contributed by atoms with van der Waals surface area (Å²) in [6.07, 6.45) is 2.29. The van der Waals surface area contributed by atoms with Crippen molar-refractivity contribution in [2.24, 2.45) is 0 Å². The van der Waals surface area contributed by atoms with Gasteiger partial charge in [-0.05, 0) is 57.8 Å². The van der Waals surface area contributed by atoms with Gasteiger partial charge in [-0.25, -0.2) is 14.9 Å². The fourth-order valence-electron chi connectivity index (χ4n) is 5.00.